The fourth-order valence-corrected chi connectivity index (χ4v) is 6.04. The van der Waals surface area contributed by atoms with Gasteiger partial charge in [0.2, 0.25) is 0 Å². The summed E-state index contributed by atoms with van der Waals surface area (Å²) in [7, 11) is 0. The van der Waals surface area contributed by atoms with Crippen molar-refractivity contribution in [3.05, 3.63) is 203 Å². The Morgan fingerprint density at radius 2 is 0.852 bits per heavy atom. The van der Waals surface area contributed by atoms with Crippen molar-refractivity contribution >= 4 is 5.97 Å². The van der Waals surface area contributed by atoms with Gasteiger partial charge in [-0.15, -0.1) is 0 Å². The molecule has 0 spiro atoms. The van der Waals surface area contributed by atoms with Crippen LogP contribution in [0.2, 0.25) is 0 Å². The Bertz CT molecular complexity index is 2370. The molecule has 0 atom stereocenters. The summed E-state index contributed by atoms with van der Waals surface area (Å²) in [6.45, 7) is 0. The zero-order valence-corrected chi connectivity index (χ0v) is 28.6. The first-order valence-corrected chi connectivity index (χ1v) is 16.9. The van der Waals surface area contributed by atoms with Gasteiger partial charge in [0.15, 0.2) is 0 Å². The molecule has 8 heteroatoms. The van der Waals surface area contributed by atoms with Crippen molar-refractivity contribution in [1.82, 2.24) is 0 Å². The third-order valence-corrected chi connectivity index (χ3v) is 8.51. The van der Waals surface area contributed by atoms with Crippen LogP contribution < -0.4 is 18.9 Å². The molecule has 0 unspecified atom stereocenters. The molecule has 0 bridgehead atoms. The van der Waals surface area contributed by atoms with Crippen molar-refractivity contribution < 1.29 is 28.8 Å². The molecule has 0 aliphatic heterocycles. The molecule has 0 fully saturated rings. The van der Waals surface area contributed by atoms with Crippen LogP contribution in [0.1, 0.15) is 44.1 Å². The molecule has 0 heterocycles. The highest BCUT2D eigenvalue weighted by molar-refractivity contribution is 5.90. The van der Waals surface area contributed by atoms with Crippen LogP contribution in [0.4, 0.5) is 0 Å². The first-order valence-electron chi connectivity index (χ1n) is 16.9. The Hall–Kier alpha value is -7.81. The van der Waals surface area contributed by atoms with Gasteiger partial charge < -0.3 is 24.1 Å². The predicted molar refractivity (Wildman–Crippen MR) is 203 cm³/mol. The first kappa shape index (κ1) is 34.6. The molecule has 7 aromatic carbocycles. The molecule has 54 heavy (non-hydrogen) atoms. The zero-order chi connectivity index (χ0) is 37.3. The van der Waals surface area contributed by atoms with Crippen LogP contribution in [0.3, 0.4) is 0 Å². The summed E-state index contributed by atoms with van der Waals surface area (Å²) in [5.74, 6) is 1.52. The van der Waals surface area contributed by atoms with Crippen LogP contribution in [0.25, 0.3) is 0 Å². The van der Waals surface area contributed by atoms with E-state index in [1.165, 1.54) is 0 Å². The Labute approximate surface area is 311 Å². The fourth-order valence-electron chi connectivity index (χ4n) is 6.04. The van der Waals surface area contributed by atoms with Gasteiger partial charge in [-0.3, -0.25) is 0 Å². The van der Waals surface area contributed by atoms with Crippen LogP contribution >= 0.6 is 0 Å². The third-order valence-electron chi connectivity index (χ3n) is 8.51. The van der Waals surface area contributed by atoms with Crippen molar-refractivity contribution in [2.75, 3.05) is 0 Å². The molecule has 0 aromatic heterocycles. The van der Waals surface area contributed by atoms with Crippen molar-refractivity contribution in [3.63, 3.8) is 0 Å². The minimum atomic E-state index is -1.10. The van der Waals surface area contributed by atoms with Crippen LogP contribution in [0, 0.1) is 22.7 Å². The molecule has 0 saturated carbocycles. The van der Waals surface area contributed by atoms with Crippen LogP contribution in [-0.2, 0) is 0 Å². The summed E-state index contributed by atoms with van der Waals surface area (Å²) in [6, 6.07) is 54.0. The lowest BCUT2D eigenvalue weighted by atomic mass is 9.81. The maximum absolute atomic E-state index is 12.8. The topological polar surface area (TPSA) is 122 Å². The first-order chi connectivity index (χ1) is 26.5. The minimum absolute atomic E-state index is 0.0883. The van der Waals surface area contributed by atoms with Gasteiger partial charge in [-0.2, -0.15) is 10.5 Å². The van der Waals surface area contributed by atoms with E-state index in [1.54, 1.807) is 97.1 Å². The normalized spacial score (nSPS) is 10.5. The number of aromatic carboxylic acids is 1. The molecule has 8 nitrogen and oxygen atoms in total. The second kappa shape index (κ2) is 16.0. The average molecular weight is 707 g/mol. The van der Waals surface area contributed by atoms with Crippen LogP contribution in [0.15, 0.2) is 170 Å². The van der Waals surface area contributed by atoms with Gasteiger partial charge in [0.1, 0.15) is 58.1 Å². The summed E-state index contributed by atoms with van der Waals surface area (Å²) >= 11 is 0. The van der Waals surface area contributed by atoms with Crippen molar-refractivity contribution in [3.8, 4) is 58.1 Å². The van der Waals surface area contributed by atoms with Crippen molar-refractivity contribution in [2.45, 2.75) is 5.92 Å². The maximum Gasteiger partial charge on any atom is 0.335 e. The largest absolute Gasteiger partial charge is 0.478 e. The monoisotopic (exact) mass is 706 g/mol. The zero-order valence-electron chi connectivity index (χ0n) is 28.6. The summed E-state index contributed by atoms with van der Waals surface area (Å²) in [5.41, 5.74) is 2.51. The lowest BCUT2D eigenvalue weighted by molar-refractivity contribution is 0.0695. The maximum atomic E-state index is 12.8. The van der Waals surface area contributed by atoms with Crippen molar-refractivity contribution in [1.29, 1.82) is 10.5 Å². The van der Waals surface area contributed by atoms with E-state index >= 15 is 0 Å². The van der Waals surface area contributed by atoms with Gasteiger partial charge in [-0.1, -0.05) is 91.0 Å². The lowest BCUT2D eigenvalue weighted by Gasteiger charge is -2.26. The number of rotatable bonds is 12. The molecule has 260 valence electrons. The number of carboxylic acid groups (broad SMARTS) is 1. The van der Waals surface area contributed by atoms with Gasteiger partial charge in [0, 0.05) is 29.2 Å². The molecule has 7 aromatic rings. The summed E-state index contributed by atoms with van der Waals surface area (Å²) in [6.07, 6.45) is 0. The summed E-state index contributed by atoms with van der Waals surface area (Å²) in [4.78, 5) is 12.8. The molecular weight excluding hydrogens is 677 g/mol. The molecule has 0 amide bonds. The predicted octanol–water partition coefficient (Wildman–Crippen LogP) is 11.5. The lowest BCUT2D eigenvalue weighted by Crippen LogP contribution is -2.12. The van der Waals surface area contributed by atoms with Gasteiger partial charge in [0.05, 0.1) is 16.7 Å². The van der Waals surface area contributed by atoms with E-state index in [2.05, 4.69) is 12.1 Å². The van der Waals surface area contributed by atoms with Gasteiger partial charge >= 0.3 is 5.97 Å². The smallest absolute Gasteiger partial charge is 0.335 e. The minimum Gasteiger partial charge on any atom is -0.478 e. The number of hydrogen-bond acceptors (Lipinski definition) is 7. The summed E-state index contributed by atoms with van der Waals surface area (Å²) < 4.78 is 25.6. The second-order valence-electron chi connectivity index (χ2n) is 12.0. The van der Waals surface area contributed by atoms with E-state index in [0.717, 1.165) is 0 Å². The van der Waals surface area contributed by atoms with Gasteiger partial charge in [-0.05, 0) is 72.3 Å². The number of nitrogens with zero attached hydrogens (tertiary/aromatic N) is 2. The third kappa shape index (κ3) is 7.74. The van der Waals surface area contributed by atoms with E-state index in [-0.39, 0.29) is 5.56 Å². The van der Waals surface area contributed by atoms with Crippen molar-refractivity contribution in [2.24, 2.45) is 0 Å². The van der Waals surface area contributed by atoms with E-state index in [9.17, 15) is 20.4 Å². The van der Waals surface area contributed by atoms with Gasteiger partial charge in [0.25, 0.3) is 0 Å². The Morgan fingerprint density at radius 3 is 1.31 bits per heavy atom. The Kier molecular flexibility index (Phi) is 10.3. The van der Waals surface area contributed by atoms with E-state index < -0.39 is 11.9 Å². The highest BCUT2D eigenvalue weighted by atomic mass is 16.5. The number of benzene rings is 7. The fraction of sp³-hybridized carbons (Fsp3) is 0.0217. The highest BCUT2D eigenvalue weighted by Crippen LogP contribution is 2.47. The average Bonchev–Trinajstić information content (AvgIpc) is 3.21. The van der Waals surface area contributed by atoms with E-state index in [0.29, 0.717) is 73.8 Å². The molecular formula is C46H30N2O6. The van der Waals surface area contributed by atoms with Crippen LogP contribution in [-0.4, -0.2) is 11.1 Å². The van der Waals surface area contributed by atoms with E-state index in [4.69, 9.17) is 18.9 Å². The molecule has 0 aliphatic carbocycles. The number of para-hydroxylation sites is 4. The quantitative estimate of drug-likeness (QED) is 0.125. The van der Waals surface area contributed by atoms with Crippen LogP contribution in [0.5, 0.6) is 46.0 Å². The Morgan fingerprint density at radius 1 is 0.444 bits per heavy atom. The SMILES string of the molecule is N#Cc1ccccc1Oc1ccc(C(c2ccc(Oc3ccccc3C#N)cc2Oc2ccccc2)c2ccccc2C(=O)O)c(Oc2ccccc2)c1. The molecule has 0 radical (unpaired) electrons. The van der Waals surface area contributed by atoms with Gasteiger partial charge in [-0.25, -0.2) is 4.79 Å². The molecule has 1 N–H and O–H groups in total. The molecule has 0 aliphatic rings. The highest BCUT2D eigenvalue weighted by Gasteiger charge is 2.29. The number of carboxylic acids is 1. The number of hydrogen-bond donors (Lipinski definition) is 1. The molecule has 0 saturated heterocycles. The summed E-state index contributed by atoms with van der Waals surface area (Å²) in [5, 5.41) is 29.9. The van der Waals surface area contributed by atoms with E-state index in [1.807, 2.05) is 72.8 Å². The Balaban J connectivity index is 1.44. The number of ether oxygens (including phenoxy) is 4. The standard InChI is InChI=1S/C46H30N2O6/c47-29-31-13-7-11-21-41(31)53-35-23-25-39(43(27-35)51-33-15-3-1-4-16-33)45(37-19-9-10-20-38(37)46(49)50)40-26-24-36(54-42-22-12-8-14-32(42)30-48)28-44(40)52-34-17-5-2-6-18-34/h1-28,45H,(H,49,50). The molecule has 7 rings (SSSR count). The second-order valence-corrected chi connectivity index (χ2v) is 12.0. The number of carbonyl (C=O) groups is 1. The number of nitriles is 2.